The molecule has 0 spiro atoms. The van der Waals surface area contributed by atoms with Crippen LogP contribution in [-0.2, 0) is 21.5 Å². The summed E-state index contributed by atoms with van der Waals surface area (Å²) in [6.07, 6.45) is 7.20. The first-order valence-corrected chi connectivity index (χ1v) is 11.6. The number of carbonyl (C=O) groups is 1. The second-order valence-corrected chi connectivity index (χ2v) is 8.71. The van der Waals surface area contributed by atoms with Crippen molar-refractivity contribution in [1.82, 2.24) is 4.57 Å². The van der Waals surface area contributed by atoms with Gasteiger partial charge in [0.2, 0.25) is 5.91 Å². The van der Waals surface area contributed by atoms with E-state index in [1.807, 2.05) is 67.6 Å². The second kappa shape index (κ2) is 11.1. The highest BCUT2D eigenvalue weighted by molar-refractivity contribution is 5.91. The Balaban J connectivity index is 0.00000306. The number of primary amides is 1. The SMILES string of the molecule is CCOCC[n+]1ccn([C@@H]2CC[C@H](C(C(N)=O)(c3ccccc3)c3ccccc3)C2)c1C.[Br-]. The van der Waals surface area contributed by atoms with E-state index in [4.69, 9.17) is 10.5 Å². The van der Waals surface area contributed by atoms with E-state index in [1.54, 1.807) is 0 Å². The highest BCUT2D eigenvalue weighted by Crippen LogP contribution is 2.49. The molecule has 1 aromatic heterocycles. The van der Waals surface area contributed by atoms with Crippen molar-refractivity contribution in [2.75, 3.05) is 13.2 Å². The van der Waals surface area contributed by atoms with Crippen molar-refractivity contribution in [3.05, 3.63) is 90.0 Å². The largest absolute Gasteiger partial charge is 1.00 e. The summed E-state index contributed by atoms with van der Waals surface area (Å²) < 4.78 is 10.1. The van der Waals surface area contributed by atoms with Gasteiger partial charge in [0.25, 0.3) is 5.82 Å². The van der Waals surface area contributed by atoms with Crippen LogP contribution >= 0.6 is 0 Å². The van der Waals surface area contributed by atoms with Crippen LogP contribution in [0.1, 0.15) is 49.2 Å². The number of nitrogens with two attached hydrogens (primary N) is 1. The zero-order valence-electron chi connectivity index (χ0n) is 19.5. The molecule has 5 nitrogen and oxygen atoms in total. The van der Waals surface area contributed by atoms with Crippen molar-refractivity contribution in [1.29, 1.82) is 0 Å². The Hall–Kier alpha value is -2.44. The van der Waals surface area contributed by atoms with Crippen molar-refractivity contribution >= 4 is 5.91 Å². The normalized spacial score (nSPS) is 18.1. The van der Waals surface area contributed by atoms with Crippen molar-refractivity contribution in [2.24, 2.45) is 11.7 Å². The first kappa shape index (κ1) is 25.2. The number of imidazole rings is 1. The molecule has 0 unspecified atom stereocenters. The standard InChI is InChI=1S/C27H33N3O2.BrH/c1-3-32-19-18-29-16-17-30(21(29)2)25-15-14-24(20-25)27(26(28)31,22-10-6-4-7-11-22)23-12-8-5-9-13-23;/h4-13,16-17,24-25H,3,14-15,18-20H2,1-2H3,(H-,28,31);1H/t24-,25+;/m0./s1. The molecule has 1 aliphatic carbocycles. The van der Waals surface area contributed by atoms with Gasteiger partial charge in [-0.15, -0.1) is 0 Å². The predicted molar refractivity (Wildman–Crippen MR) is 125 cm³/mol. The third-order valence-electron chi connectivity index (χ3n) is 7.13. The van der Waals surface area contributed by atoms with Crippen LogP contribution in [0.15, 0.2) is 73.1 Å². The van der Waals surface area contributed by atoms with Crippen LogP contribution in [-0.4, -0.2) is 23.7 Å². The Morgan fingerprint density at radius 2 is 1.70 bits per heavy atom. The third kappa shape index (κ3) is 4.78. The second-order valence-electron chi connectivity index (χ2n) is 8.71. The number of carbonyl (C=O) groups excluding carboxylic acids is 1. The van der Waals surface area contributed by atoms with Gasteiger partial charge in [-0.1, -0.05) is 60.7 Å². The predicted octanol–water partition coefficient (Wildman–Crippen LogP) is 0.937. The average Bonchev–Trinajstić information content (AvgIpc) is 3.43. The van der Waals surface area contributed by atoms with Crippen LogP contribution < -0.4 is 27.3 Å². The van der Waals surface area contributed by atoms with Crippen molar-refractivity contribution in [3.8, 4) is 0 Å². The summed E-state index contributed by atoms with van der Waals surface area (Å²) in [5.74, 6) is 1.09. The number of rotatable bonds is 9. The van der Waals surface area contributed by atoms with Gasteiger partial charge in [0.05, 0.1) is 6.61 Å². The Bertz CT molecular complexity index is 997. The molecule has 2 atom stereocenters. The van der Waals surface area contributed by atoms with Gasteiger partial charge in [-0.25, -0.2) is 9.13 Å². The molecule has 2 N–H and O–H groups in total. The molecule has 0 saturated heterocycles. The molecule has 4 rings (SSSR count). The number of halogens is 1. The number of amides is 1. The van der Waals surface area contributed by atoms with Crippen LogP contribution in [0, 0.1) is 12.8 Å². The summed E-state index contributed by atoms with van der Waals surface area (Å²) in [6.45, 7) is 6.48. The van der Waals surface area contributed by atoms with Crippen LogP contribution in [0.3, 0.4) is 0 Å². The molecule has 176 valence electrons. The van der Waals surface area contributed by atoms with Crippen LogP contribution in [0.2, 0.25) is 0 Å². The zero-order valence-corrected chi connectivity index (χ0v) is 21.1. The van der Waals surface area contributed by atoms with Gasteiger partial charge in [0.1, 0.15) is 30.4 Å². The number of hydrogen-bond donors (Lipinski definition) is 1. The number of benzene rings is 2. The van der Waals surface area contributed by atoms with E-state index in [0.717, 1.165) is 43.5 Å². The molecule has 1 heterocycles. The molecule has 1 aliphatic rings. The first-order chi connectivity index (χ1) is 15.6. The molecule has 1 saturated carbocycles. The molecule has 1 amide bonds. The van der Waals surface area contributed by atoms with E-state index in [1.165, 1.54) is 5.82 Å². The number of nitrogens with zero attached hydrogens (tertiary/aromatic N) is 2. The summed E-state index contributed by atoms with van der Waals surface area (Å²) in [6, 6.07) is 20.5. The fourth-order valence-electron chi connectivity index (χ4n) is 5.58. The van der Waals surface area contributed by atoms with E-state index in [0.29, 0.717) is 12.6 Å². The maximum absolute atomic E-state index is 13.3. The fraction of sp³-hybridized carbons (Fsp3) is 0.407. The lowest BCUT2D eigenvalue weighted by Gasteiger charge is -2.37. The molecular formula is C27H34BrN3O2. The fourth-order valence-corrected chi connectivity index (χ4v) is 5.58. The maximum Gasteiger partial charge on any atom is 0.253 e. The number of aromatic nitrogens is 2. The molecule has 0 radical (unpaired) electrons. The Morgan fingerprint density at radius 1 is 1.09 bits per heavy atom. The summed E-state index contributed by atoms with van der Waals surface area (Å²) in [5.41, 5.74) is 7.38. The Kier molecular flexibility index (Phi) is 8.49. The number of ether oxygens (including phenoxy) is 1. The highest BCUT2D eigenvalue weighted by atomic mass is 79.9. The molecule has 2 aromatic carbocycles. The first-order valence-electron chi connectivity index (χ1n) is 11.6. The minimum Gasteiger partial charge on any atom is -1.00 e. The summed E-state index contributed by atoms with van der Waals surface area (Å²) >= 11 is 0. The van der Waals surface area contributed by atoms with Gasteiger partial charge in [-0.05, 0) is 43.2 Å². The third-order valence-corrected chi connectivity index (χ3v) is 7.13. The Morgan fingerprint density at radius 3 is 2.24 bits per heavy atom. The number of hydrogen-bond acceptors (Lipinski definition) is 2. The monoisotopic (exact) mass is 511 g/mol. The van der Waals surface area contributed by atoms with Crippen LogP contribution in [0.5, 0.6) is 0 Å². The van der Waals surface area contributed by atoms with Crippen LogP contribution in [0.25, 0.3) is 0 Å². The highest BCUT2D eigenvalue weighted by Gasteiger charge is 2.51. The lowest BCUT2D eigenvalue weighted by atomic mass is 9.64. The molecule has 6 heteroatoms. The molecule has 0 bridgehead atoms. The lowest BCUT2D eigenvalue weighted by Crippen LogP contribution is -3.00. The quantitative estimate of drug-likeness (QED) is 0.343. The Labute approximate surface area is 207 Å². The average molecular weight is 512 g/mol. The van der Waals surface area contributed by atoms with Gasteiger partial charge in [0, 0.05) is 13.5 Å². The van der Waals surface area contributed by atoms with Crippen molar-refractivity contribution < 1.29 is 31.1 Å². The summed E-state index contributed by atoms with van der Waals surface area (Å²) in [7, 11) is 0. The van der Waals surface area contributed by atoms with E-state index in [2.05, 4.69) is 28.5 Å². The van der Waals surface area contributed by atoms with Gasteiger partial charge >= 0.3 is 0 Å². The van der Waals surface area contributed by atoms with E-state index in [9.17, 15) is 4.79 Å². The lowest BCUT2D eigenvalue weighted by molar-refractivity contribution is -0.704. The molecule has 1 fully saturated rings. The molecular weight excluding hydrogens is 478 g/mol. The zero-order chi connectivity index (χ0) is 22.6. The van der Waals surface area contributed by atoms with Crippen molar-refractivity contribution in [3.63, 3.8) is 0 Å². The van der Waals surface area contributed by atoms with Gasteiger partial charge in [-0.3, -0.25) is 4.79 Å². The van der Waals surface area contributed by atoms with E-state index < -0.39 is 5.41 Å². The maximum atomic E-state index is 13.3. The van der Waals surface area contributed by atoms with E-state index in [-0.39, 0.29) is 28.8 Å². The van der Waals surface area contributed by atoms with Crippen LogP contribution in [0.4, 0.5) is 0 Å². The molecule has 3 aromatic rings. The van der Waals surface area contributed by atoms with Gasteiger partial charge < -0.3 is 27.5 Å². The summed E-state index contributed by atoms with van der Waals surface area (Å²) in [5, 5.41) is 0. The molecule has 0 aliphatic heterocycles. The van der Waals surface area contributed by atoms with Gasteiger partial charge in [-0.2, -0.15) is 0 Å². The smallest absolute Gasteiger partial charge is 0.253 e. The molecule has 33 heavy (non-hydrogen) atoms. The minimum atomic E-state index is -0.830. The van der Waals surface area contributed by atoms with E-state index >= 15 is 0 Å². The topological polar surface area (TPSA) is 61.1 Å². The van der Waals surface area contributed by atoms with Gasteiger partial charge in [0.15, 0.2) is 0 Å². The summed E-state index contributed by atoms with van der Waals surface area (Å²) in [4.78, 5) is 13.3. The van der Waals surface area contributed by atoms with Crippen molar-refractivity contribution in [2.45, 2.75) is 51.1 Å². The minimum absolute atomic E-state index is 0.